The number of alkyl halides is 3. The third-order valence-corrected chi connectivity index (χ3v) is 6.93. The molecule has 0 bridgehead atoms. The lowest BCUT2D eigenvalue weighted by molar-refractivity contribution is -0.185. The van der Waals surface area contributed by atoms with Crippen molar-refractivity contribution in [3.05, 3.63) is 34.9 Å². The first-order valence-corrected chi connectivity index (χ1v) is 11.8. The summed E-state index contributed by atoms with van der Waals surface area (Å²) in [7, 11) is 0. The molecule has 1 saturated carbocycles. The molecule has 3 aliphatic rings. The van der Waals surface area contributed by atoms with Gasteiger partial charge in [0.15, 0.2) is 6.19 Å². The van der Waals surface area contributed by atoms with Crippen LogP contribution in [0.15, 0.2) is 34.4 Å². The number of hydrazone groups is 1. The molecule has 2 heterocycles. The normalized spacial score (nSPS) is 26.0. The van der Waals surface area contributed by atoms with Crippen molar-refractivity contribution in [2.75, 3.05) is 19.6 Å². The molecule has 4 rings (SSSR count). The maximum absolute atomic E-state index is 13.2. The van der Waals surface area contributed by atoms with Crippen molar-refractivity contribution in [3.8, 4) is 6.19 Å². The van der Waals surface area contributed by atoms with Gasteiger partial charge in [-0.3, -0.25) is 15.1 Å². The van der Waals surface area contributed by atoms with Crippen LogP contribution in [0.25, 0.3) is 0 Å². The summed E-state index contributed by atoms with van der Waals surface area (Å²) < 4.78 is 39.5. The molecule has 0 aromatic heterocycles. The molecule has 0 spiro atoms. The minimum absolute atomic E-state index is 0.0387. The monoisotopic (exact) mass is 494 g/mol. The first kappa shape index (κ1) is 24.3. The maximum Gasteiger partial charge on any atom is 0.391 e. The van der Waals surface area contributed by atoms with E-state index in [9.17, 15) is 23.2 Å². The molecule has 7 nitrogen and oxygen atoms in total. The van der Waals surface area contributed by atoms with Crippen molar-refractivity contribution >= 4 is 29.2 Å². The summed E-state index contributed by atoms with van der Waals surface area (Å²) in [5.41, 5.74) is 1.46. The standard InChI is InChI=1S/C23H26ClF3N6O/c24-18-8-6-16(7-9-18)21-19(32-10-2-5-20(32)34)13-33(31-21)22(30-14-28)29-12-15-3-1-4-17(11-15)23(25,26)27/h6-9,15,17,19H,1-5,10-13H2,(H,29,30). The van der Waals surface area contributed by atoms with Crippen LogP contribution < -0.4 is 5.32 Å². The van der Waals surface area contributed by atoms with Crippen LogP contribution in [0.3, 0.4) is 0 Å². The quantitative estimate of drug-likeness (QED) is 0.295. The van der Waals surface area contributed by atoms with Gasteiger partial charge in [0.05, 0.1) is 24.2 Å². The molecule has 34 heavy (non-hydrogen) atoms. The Labute approximate surface area is 201 Å². The van der Waals surface area contributed by atoms with Crippen molar-refractivity contribution in [3.63, 3.8) is 0 Å². The molecule has 0 radical (unpaired) electrons. The van der Waals surface area contributed by atoms with Crippen LogP contribution >= 0.6 is 11.6 Å². The summed E-state index contributed by atoms with van der Waals surface area (Å²) in [6.07, 6.45) is 0.262. The zero-order chi connectivity index (χ0) is 24.3. The van der Waals surface area contributed by atoms with Crippen molar-refractivity contribution in [2.24, 2.45) is 21.9 Å². The molecular weight excluding hydrogens is 469 g/mol. The fourth-order valence-electron chi connectivity index (χ4n) is 4.94. The number of hydrogen-bond acceptors (Lipinski definition) is 4. The number of nitriles is 1. The predicted octanol–water partition coefficient (Wildman–Crippen LogP) is 4.15. The minimum Gasteiger partial charge on any atom is -0.332 e. The van der Waals surface area contributed by atoms with E-state index >= 15 is 0 Å². The second-order valence-corrected chi connectivity index (χ2v) is 9.39. The molecule has 1 aliphatic carbocycles. The molecule has 1 saturated heterocycles. The second kappa shape index (κ2) is 10.2. The highest BCUT2D eigenvalue weighted by Gasteiger charge is 2.42. The van der Waals surface area contributed by atoms with Gasteiger partial charge in [0.1, 0.15) is 0 Å². The summed E-state index contributed by atoms with van der Waals surface area (Å²) in [6, 6.07) is 6.81. The summed E-state index contributed by atoms with van der Waals surface area (Å²) in [4.78, 5) is 18.7. The van der Waals surface area contributed by atoms with Gasteiger partial charge in [0.25, 0.3) is 0 Å². The molecule has 3 atom stereocenters. The first-order chi connectivity index (χ1) is 16.3. The zero-order valence-electron chi connectivity index (χ0n) is 18.6. The highest BCUT2D eigenvalue weighted by molar-refractivity contribution is 6.30. The molecule has 11 heteroatoms. The Kier molecular flexibility index (Phi) is 7.31. The van der Waals surface area contributed by atoms with E-state index < -0.39 is 12.1 Å². The first-order valence-electron chi connectivity index (χ1n) is 11.4. The van der Waals surface area contributed by atoms with Gasteiger partial charge in [0.2, 0.25) is 11.9 Å². The van der Waals surface area contributed by atoms with Crippen LogP contribution in [-0.2, 0) is 4.79 Å². The third-order valence-electron chi connectivity index (χ3n) is 6.67. The lowest BCUT2D eigenvalue weighted by Crippen LogP contribution is -2.46. The number of halogens is 4. The predicted molar refractivity (Wildman–Crippen MR) is 122 cm³/mol. The summed E-state index contributed by atoms with van der Waals surface area (Å²) in [5.74, 6) is -1.30. The Morgan fingerprint density at radius 2 is 2.03 bits per heavy atom. The third kappa shape index (κ3) is 5.46. The van der Waals surface area contributed by atoms with Gasteiger partial charge in [-0.15, -0.1) is 0 Å². The Morgan fingerprint density at radius 1 is 1.26 bits per heavy atom. The van der Waals surface area contributed by atoms with Crippen molar-refractivity contribution < 1.29 is 18.0 Å². The number of carbonyl (C=O) groups is 1. The number of aliphatic imine (C=N–C) groups is 1. The molecule has 2 fully saturated rings. The number of benzene rings is 1. The smallest absolute Gasteiger partial charge is 0.332 e. The van der Waals surface area contributed by atoms with Crippen LogP contribution in [0.1, 0.15) is 44.1 Å². The summed E-state index contributed by atoms with van der Waals surface area (Å²) >= 11 is 6.03. The number of hydrogen-bond donors (Lipinski definition) is 1. The van der Waals surface area contributed by atoms with E-state index in [1.165, 1.54) is 5.01 Å². The average molecular weight is 495 g/mol. The van der Waals surface area contributed by atoms with Crippen molar-refractivity contribution in [2.45, 2.75) is 50.7 Å². The van der Waals surface area contributed by atoms with E-state index in [0.29, 0.717) is 43.1 Å². The van der Waals surface area contributed by atoms with E-state index in [0.717, 1.165) is 12.0 Å². The van der Waals surface area contributed by atoms with Gasteiger partial charge < -0.3 is 4.90 Å². The number of amides is 1. The number of rotatable bonds is 4. The number of carbonyl (C=O) groups excluding carboxylic acids is 1. The van der Waals surface area contributed by atoms with Gasteiger partial charge in [-0.25, -0.2) is 5.01 Å². The summed E-state index contributed by atoms with van der Waals surface area (Å²) in [5, 5.41) is 18.6. The topological polar surface area (TPSA) is 84.1 Å². The minimum atomic E-state index is -4.20. The molecule has 1 aromatic carbocycles. The molecule has 1 N–H and O–H groups in total. The van der Waals surface area contributed by atoms with Crippen molar-refractivity contribution in [1.82, 2.24) is 15.2 Å². The Balaban J connectivity index is 1.56. The molecule has 2 aliphatic heterocycles. The van der Waals surface area contributed by atoms with Crippen LogP contribution in [-0.4, -0.2) is 59.3 Å². The van der Waals surface area contributed by atoms with Crippen LogP contribution in [0.5, 0.6) is 0 Å². The zero-order valence-corrected chi connectivity index (χ0v) is 19.3. The number of guanidine groups is 1. The highest BCUT2D eigenvalue weighted by atomic mass is 35.5. The molecule has 1 aromatic rings. The number of nitrogens with one attached hydrogen (secondary N) is 1. The van der Waals surface area contributed by atoms with E-state index in [1.54, 1.807) is 17.0 Å². The lowest BCUT2D eigenvalue weighted by atomic mass is 9.81. The van der Waals surface area contributed by atoms with E-state index in [-0.39, 0.29) is 43.2 Å². The Morgan fingerprint density at radius 3 is 2.68 bits per heavy atom. The van der Waals surface area contributed by atoms with E-state index in [4.69, 9.17) is 11.6 Å². The fraction of sp³-hybridized carbons (Fsp3) is 0.565. The lowest BCUT2D eigenvalue weighted by Gasteiger charge is -2.30. The largest absolute Gasteiger partial charge is 0.391 e. The van der Waals surface area contributed by atoms with Gasteiger partial charge >= 0.3 is 6.18 Å². The van der Waals surface area contributed by atoms with E-state index in [2.05, 4.69) is 15.4 Å². The number of nitrogens with zero attached hydrogens (tertiary/aromatic N) is 5. The maximum atomic E-state index is 13.2. The van der Waals surface area contributed by atoms with Crippen LogP contribution in [0.4, 0.5) is 13.2 Å². The van der Waals surface area contributed by atoms with Gasteiger partial charge in [-0.05, 0) is 43.7 Å². The molecular formula is C23H26ClF3N6O. The highest BCUT2D eigenvalue weighted by Crippen LogP contribution is 2.40. The molecule has 1 amide bonds. The van der Waals surface area contributed by atoms with Crippen LogP contribution in [0, 0.1) is 23.3 Å². The van der Waals surface area contributed by atoms with Gasteiger partial charge in [-0.1, -0.05) is 30.2 Å². The SMILES string of the molecule is N#CNC(=NCC1CCCC(C(F)(F)F)C1)N1CC(N2CCCC2=O)C(c2ccc(Cl)cc2)=N1. The second-order valence-electron chi connectivity index (χ2n) is 8.95. The average Bonchev–Trinajstić information content (AvgIpc) is 3.43. The fourth-order valence-corrected chi connectivity index (χ4v) is 5.07. The summed E-state index contributed by atoms with van der Waals surface area (Å²) in [6.45, 7) is 1.09. The molecule has 182 valence electrons. The van der Waals surface area contributed by atoms with Crippen LogP contribution in [0.2, 0.25) is 5.02 Å². The molecule has 3 unspecified atom stereocenters. The van der Waals surface area contributed by atoms with E-state index in [1.807, 2.05) is 18.3 Å². The van der Waals surface area contributed by atoms with Gasteiger partial charge in [0, 0.05) is 30.1 Å². The van der Waals surface area contributed by atoms with Gasteiger partial charge in [-0.2, -0.15) is 23.5 Å². The number of likely N-dealkylation sites (tertiary alicyclic amines) is 1. The Hall–Kier alpha value is -2.80. The van der Waals surface area contributed by atoms with Crippen molar-refractivity contribution in [1.29, 1.82) is 5.26 Å². The Bertz CT molecular complexity index is 1000.